The Bertz CT molecular complexity index is 1410. The van der Waals surface area contributed by atoms with Crippen LogP contribution >= 0.6 is 22.6 Å². The Morgan fingerprint density at radius 2 is 1.56 bits per heavy atom. The highest BCUT2D eigenvalue weighted by molar-refractivity contribution is 14.1. The first-order valence-corrected chi connectivity index (χ1v) is 12.2. The lowest BCUT2D eigenvalue weighted by molar-refractivity contribution is -0.137. The van der Waals surface area contributed by atoms with Crippen molar-refractivity contribution in [2.24, 2.45) is 0 Å². The molecule has 0 aromatic heterocycles. The van der Waals surface area contributed by atoms with E-state index in [0.717, 1.165) is 37.5 Å². The summed E-state index contributed by atoms with van der Waals surface area (Å²) >= 11 is 2.17. The highest BCUT2D eigenvalue weighted by Crippen LogP contribution is 2.37. The smallest absolute Gasteiger partial charge is 0.417 e. The fourth-order valence-electron chi connectivity index (χ4n) is 3.94. The molecule has 4 aromatic carbocycles. The molecule has 0 aliphatic heterocycles. The lowest BCUT2D eigenvalue weighted by Gasteiger charge is -2.16. The van der Waals surface area contributed by atoms with Gasteiger partial charge in [0.15, 0.2) is 6.29 Å². The Hall–Kier alpha value is -3.39. The van der Waals surface area contributed by atoms with Crippen LogP contribution in [0.15, 0.2) is 84.9 Å². The molecule has 6 heteroatoms. The fourth-order valence-corrected chi connectivity index (χ4v) is 4.55. The van der Waals surface area contributed by atoms with Crippen LogP contribution < -0.4 is 4.74 Å². The largest absolute Gasteiger partial charge is 0.488 e. The third-order valence-corrected chi connectivity index (χ3v) is 6.47. The first-order chi connectivity index (χ1) is 17.3. The maximum atomic E-state index is 13.9. The van der Waals surface area contributed by atoms with Crippen LogP contribution in [0, 0.1) is 10.5 Å². The Morgan fingerprint density at radius 3 is 2.25 bits per heavy atom. The standard InChI is InChI=1S/C30H22F3IO2/c1-20-22(10-6-12-27(20)23-8-3-2-4-9-23)13-14-24-17-29(25(18-35)16-28(24)30(31,32)33)36-19-21-7-5-11-26(34)15-21/h2-18H,19H2,1H3/b14-13+. The summed E-state index contributed by atoms with van der Waals surface area (Å²) in [7, 11) is 0. The zero-order valence-corrected chi connectivity index (χ0v) is 21.5. The number of aldehydes is 1. The van der Waals surface area contributed by atoms with Gasteiger partial charge in [0, 0.05) is 3.57 Å². The van der Waals surface area contributed by atoms with E-state index in [2.05, 4.69) is 22.6 Å². The number of rotatable bonds is 7. The van der Waals surface area contributed by atoms with Crippen molar-refractivity contribution in [2.75, 3.05) is 0 Å². The van der Waals surface area contributed by atoms with Crippen LogP contribution in [0.2, 0.25) is 0 Å². The molecule has 36 heavy (non-hydrogen) atoms. The molecule has 0 unspecified atom stereocenters. The number of alkyl halides is 3. The molecule has 0 atom stereocenters. The highest BCUT2D eigenvalue weighted by atomic mass is 127. The maximum absolute atomic E-state index is 13.9. The van der Waals surface area contributed by atoms with Crippen LogP contribution in [-0.2, 0) is 12.8 Å². The summed E-state index contributed by atoms with van der Waals surface area (Å²) < 4.78 is 48.5. The van der Waals surface area contributed by atoms with Gasteiger partial charge in [0.25, 0.3) is 0 Å². The quantitative estimate of drug-likeness (QED) is 0.121. The van der Waals surface area contributed by atoms with Gasteiger partial charge in [0.1, 0.15) is 12.4 Å². The molecule has 4 rings (SSSR count). The molecule has 4 aromatic rings. The van der Waals surface area contributed by atoms with Crippen molar-refractivity contribution in [1.82, 2.24) is 0 Å². The zero-order chi connectivity index (χ0) is 25.7. The summed E-state index contributed by atoms with van der Waals surface area (Å²) in [4.78, 5) is 11.6. The van der Waals surface area contributed by atoms with Gasteiger partial charge >= 0.3 is 6.18 Å². The Morgan fingerprint density at radius 1 is 0.833 bits per heavy atom. The molecule has 0 spiro atoms. The van der Waals surface area contributed by atoms with Gasteiger partial charge in [0.05, 0.1) is 11.1 Å². The van der Waals surface area contributed by atoms with Crippen LogP contribution in [0.3, 0.4) is 0 Å². The van der Waals surface area contributed by atoms with E-state index in [9.17, 15) is 18.0 Å². The van der Waals surface area contributed by atoms with E-state index < -0.39 is 11.7 Å². The minimum absolute atomic E-state index is 0.0738. The number of hydrogen-bond acceptors (Lipinski definition) is 2. The summed E-state index contributed by atoms with van der Waals surface area (Å²) in [6, 6.07) is 25.2. The van der Waals surface area contributed by atoms with Crippen molar-refractivity contribution in [3.05, 3.63) is 122 Å². The summed E-state index contributed by atoms with van der Waals surface area (Å²) in [5.74, 6) is 0.103. The molecule has 0 fully saturated rings. The van der Waals surface area contributed by atoms with E-state index in [1.165, 1.54) is 12.1 Å². The minimum atomic E-state index is -4.63. The van der Waals surface area contributed by atoms with Crippen molar-refractivity contribution in [2.45, 2.75) is 19.7 Å². The van der Waals surface area contributed by atoms with Gasteiger partial charge in [-0.15, -0.1) is 0 Å². The predicted molar refractivity (Wildman–Crippen MR) is 146 cm³/mol. The van der Waals surface area contributed by atoms with Crippen molar-refractivity contribution in [1.29, 1.82) is 0 Å². The molecule has 0 heterocycles. The third kappa shape index (κ3) is 6.05. The molecular weight excluding hydrogens is 576 g/mol. The normalized spacial score (nSPS) is 11.6. The lowest BCUT2D eigenvalue weighted by atomic mass is 9.95. The van der Waals surface area contributed by atoms with Gasteiger partial charge in [0.2, 0.25) is 0 Å². The van der Waals surface area contributed by atoms with Crippen molar-refractivity contribution < 1.29 is 22.7 Å². The predicted octanol–water partition coefficient (Wildman–Crippen LogP) is 8.85. The minimum Gasteiger partial charge on any atom is -0.488 e. The first-order valence-electron chi connectivity index (χ1n) is 11.2. The zero-order valence-electron chi connectivity index (χ0n) is 19.4. The van der Waals surface area contributed by atoms with Crippen LogP contribution in [0.4, 0.5) is 13.2 Å². The van der Waals surface area contributed by atoms with Gasteiger partial charge in [-0.3, -0.25) is 4.79 Å². The van der Waals surface area contributed by atoms with Crippen LogP contribution in [0.1, 0.15) is 38.2 Å². The molecule has 0 aliphatic rings. The van der Waals surface area contributed by atoms with E-state index in [-0.39, 0.29) is 23.5 Å². The van der Waals surface area contributed by atoms with Crippen molar-refractivity contribution >= 4 is 41.0 Å². The lowest BCUT2D eigenvalue weighted by Crippen LogP contribution is -2.10. The number of benzene rings is 4. The van der Waals surface area contributed by atoms with E-state index in [1.54, 1.807) is 6.08 Å². The number of halogens is 4. The number of ether oxygens (including phenoxy) is 1. The Kier molecular flexibility index (Phi) is 7.94. The summed E-state index contributed by atoms with van der Waals surface area (Å²) in [5, 5.41) is 0. The Labute approximate surface area is 221 Å². The van der Waals surface area contributed by atoms with Gasteiger partial charge in [-0.2, -0.15) is 13.2 Å². The average molecular weight is 598 g/mol. The second-order valence-electron chi connectivity index (χ2n) is 8.23. The van der Waals surface area contributed by atoms with E-state index >= 15 is 0 Å². The molecule has 2 nitrogen and oxygen atoms in total. The summed E-state index contributed by atoms with van der Waals surface area (Å²) in [6.45, 7) is 2.07. The van der Waals surface area contributed by atoms with E-state index in [1.807, 2.05) is 79.7 Å². The first kappa shape index (κ1) is 25.7. The molecular formula is C30H22F3IO2. The second kappa shape index (κ2) is 11.1. The summed E-state index contributed by atoms with van der Waals surface area (Å²) in [5.41, 5.74) is 3.53. The SMILES string of the molecule is Cc1c(/C=C/c2cc(OCc3cccc(I)c3)c(C=O)cc2C(F)(F)F)cccc1-c1ccccc1. The molecule has 0 saturated carbocycles. The molecule has 182 valence electrons. The van der Waals surface area contributed by atoms with E-state index in [0.29, 0.717) is 6.29 Å². The van der Waals surface area contributed by atoms with Gasteiger partial charge in [-0.05, 0) is 87.2 Å². The third-order valence-electron chi connectivity index (χ3n) is 5.80. The molecule has 0 radical (unpaired) electrons. The summed E-state index contributed by atoms with van der Waals surface area (Å²) in [6.07, 6.45) is -1.16. The molecule has 0 aliphatic carbocycles. The molecule has 0 N–H and O–H groups in total. The maximum Gasteiger partial charge on any atom is 0.417 e. The number of carbonyl (C=O) groups excluding carboxylic acids is 1. The highest BCUT2D eigenvalue weighted by Gasteiger charge is 2.34. The average Bonchev–Trinajstić information content (AvgIpc) is 2.86. The monoisotopic (exact) mass is 598 g/mol. The second-order valence-corrected chi connectivity index (χ2v) is 9.48. The number of hydrogen-bond donors (Lipinski definition) is 0. The molecule has 0 amide bonds. The number of carbonyl (C=O) groups is 1. The molecule has 0 saturated heterocycles. The van der Waals surface area contributed by atoms with Gasteiger partial charge in [-0.25, -0.2) is 0 Å². The fraction of sp³-hybridized carbons (Fsp3) is 0.100. The van der Waals surface area contributed by atoms with Gasteiger partial charge < -0.3 is 4.74 Å². The van der Waals surface area contributed by atoms with Gasteiger partial charge in [-0.1, -0.05) is 72.8 Å². The Balaban J connectivity index is 1.72. The topological polar surface area (TPSA) is 26.3 Å². The van der Waals surface area contributed by atoms with Crippen molar-refractivity contribution in [3.8, 4) is 16.9 Å². The van der Waals surface area contributed by atoms with E-state index in [4.69, 9.17) is 4.74 Å². The van der Waals surface area contributed by atoms with Crippen LogP contribution in [0.25, 0.3) is 23.3 Å². The molecule has 0 bridgehead atoms. The van der Waals surface area contributed by atoms with Crippen LogP contribution in [-0.4, -0.2) is 6.29 Å². The van der Waals surface area contributed by atoms with Crippen LogP contribution in [0.5, 0.6) is 5.75 Å². The van der Waals surface area contributed by atoms with Crippen molar-refractivity contribution in [3.63, 3.8) is 0 Å².